The number of nitrogens with one attached hydrogen (secondary N) is 1. The summed E-state index contributed by atoms with van der Waals surface area (Å²) in [7, 11) is 0. The zero-order chi connectivity index (χ0) is 20.1. The van der Waals surface area contributed by atoms with Crippen molar-refractivity contribution in [2.24, 2.45) is 0 Å². The van der Waals surface area contributed by atoms with Gasteiger partial charge in [-0.05, 0) is 18.2 Å². The summed E-state index contributed by atoms with van der Waals surface area (Å²) in [5.74, 6) is 0.0297. The van der Waals surface area contributed by atoms with Gasteiger partial charge in [0.05, 0.1) is 16.2 Å². The molecule has 1 atom stereocenters. The number of aliphatic hydroxyl groups excluding tert-OH is 1. The maximum Gasteiger partial charge on any atom is 0.263 e. The molecule has 0 radical (unpaired) electrons. The Balaban J connectivity index is 1.53. The van der Waals surface area contributed by atoms with Gasteiger partial charge in [0.15, 0.2) is 0 Å². The van der Waals surface area contributed by atoms with E-state index < -0.39 is 6.10 Å². The molecule has 1 unspecified atom stereocenters. The van der Waals surface area contributed by atoms with Gasteiger partial charge in [0.1, 0.15) is 33.4 Å². The lowest BCUT2D eigenvalue weighted by Gasteiger charge is -2.14. The number of nitrogens with zero attached hydrogens (tertiary/aromatic N) is 1. The summed E-state index contributed by atoms with van der Waals surface area (Å²) in [6.07, 6.45) is 0.558. The fourth-order valence-electron chi connectivity index (χ4n) is 2.28. The van der Waals surface area contributed by atoms with Crippen LogP contribution in [0.2, 0.25) is 15.1 Å². The molecule has 1 aromatic heterocycles. The van der Waals surface area contributed by atoms with E-state index in [0.717, 1.165) is 5.56 Å². The SMILES string of the molecule is O=C(NCC(O)COc1cccc(Cl)c1Cl)c1cnc(-c2ccccc2Cl)s1. The first-order valence-electron chi connectivity index (χ1n) is 8.19. The highest BCUT2D eigenvalue weighted by Gasteiger charge is 2.15. The Kier molecular flexibility index (Phi) is 7.15. The van der Waals surface area contributed by atoms with E-state index in [1.807, 2.05) is 18.2 Å². The Hall–Kier alpha value is -1.83. The van der Waals surface area contributed by atoms with Gasteiger partial charge in [0, 0.05) is 12.1 Å². The summed E-state index contributed by atoms with van der Waals surface area (Å²) in [4.78, 5) is 17.0. The molecule has 0 bridgehead atoms. The second kappa shape index (κ2) is 9.58. The van der Waals surface area contributed by atoms with Crippen LogP contribution in [0.4, 0.5) is 0 Å². The highest BCUT2D eigenvalue weighted by molar-refractivity contribution is 7.17. The van der Waals surface area contributed by atoms with E-state index >= 15 is 0 Å². The summed E-state index contributed by atoms with van der Waals surface area (Å²) >= 11 is 19.3. The molecular formula is C19H15Cl3N2O3S. The molecule has 3 rings (SSSR count). The van der Waals surface area contributed by atoms with E-state index in [2.05, 4.69) is 10.3 Å². The largest absolute Gasteiger partial charge is 0.489 e. The molecule has 5 nitrogen and oxygen atoms in total. The lowest BCUT2D eigenvalue weighted by atomic mass is 10.2. The minimum Gasteiger partial charge on any atom is -0.489 e. The van der Waals surface area contributed by atoms with Crippen LogP contribution in [0.3, 0.4) is 0 Å². The first-order valence-corrected chi connectivity index (χ1v) is 10.1. The van der Waals surface area contributed by atoms with Crippen LogP contribution >= 0.6 is 46.1 Å². The Morgan fingerprint density at radius 1 is 1.14 bits per heavy atom. The number of thiazole rings is 1. The predicted molar refractivity (Wildman–Crippen MR) is 113 cm³/mol. The van der Waals surface area contributed by atoms with Gasteiger partial charge >= 0.3 is 0 Å². The Morgan fingerprint density at radius 3 is 2.68 bits per heavy atom. The van der Waals surface area contributed by atoms with Crippen molar-refractivity contribution in [2.75, 3.05) is 13.2 Å². The van der Waals surface area contributed by atoms with E-state index in [1.165, 1.54) is 17.5 Å². The lowest BCUT2D eigenvalue weighted by molar-refractivity contribution is 0.0847. The van der Waals surface area contributed by atoms with Crippen molar-refractivity contribution in [1.82, 2.24) is 10.3 Å². The van der Waals surface area contributed by atoms with Gasteiger partial charge in [-0.25, -0.2) is 4.98 Å². The van der Waals surface area contributed by atoms with Crippen molar-refractivity contribution in [1.29, 1.82) is 0 Å². The van der Waals surface area contributed by atoms with Crippen LogP contribution in [0.1, 0.15) is 9.67 Å². The number of hydrogen-bond donors (Lipinski definition) is 2. The van der Waals surface area contributed by atoms with Gasteiger partial charge in [-0.3, -0.25) is 4.79 Å². The number of aliphatic hydroxyl groups is 1. The quantitative estimate of drug-likeness (QED) is 0.527. The molecule has 0 saturated heterocycles. The molecule has 3 aromatic rings. The van der Waals surface area contributed by atoms with Crippen LogP contribution in [-0.4, -0.2) is 35.3 Å². The molecule has 2 N–H and O–H groups in total. The van der Waals surface area contributed by atoms with Crippen LogP contribution in [0.25, 0.3) is 10.6 Å². The number of halogens is 3. The van der Waals surface area contributed by atoms with Crippen LogP contribution in [0.5, 0.6) is 5.75 Å². The third kappa shape index (κ3) is 5.16. The molecule has 0 fully saturated rings. The number of carbonyl (C=O) groups excluding carboxylic acids is 1. The molecular weight excluding hydrogens is 443 g/mol. The second-order valence-corrected chi connectivity index (χ2v) is 7.96. The topological polar surface area (TPSA) is 71.5 Å². The average molecular weight is 458 g/mol. The van der Waals surface area contributed by atoms with E-state index in [-0.39, 0.29) is 24.1 Å². The maximum absolute atomic E-state index is 12.3. The predicted octanol–water partition coefficient (Wildman–Crippen LogP) is 4.94. The molecule has 0 aliphatic rings. The van der Waals surface area contributed by atoms with E-state index in [9.17, 15) is 9.90 Å². The van der Waals surface area contributed by atoms with Crippen LogP contribution in [0, 0.1) is 0 Å². The maximum atomic E-state index is 12.3. The molecule has 0 aliphatic heterocycles. The Labute approximate surface area is 180 Å². The smallest absolute Gasteiger partial charge is 0.263 e. The minimum atomic E-state index is -0.921. The molecule has 0 spiro atoms. The Morgan fingerprint density at radius 2 is 1.89 bits per heavy atom. The van der Waals surface area contributed by atoms with Gasteiger partial charge < -0.3 is 15.2 Å². The third-order valence-corrected chi connectivity index (χ3v) is 5.84. The van der Waals surface area contributed by atoms with E-state index in [4.69, 9.17) is 39.5 Å². The standard InChI is InChI=1S/C19H15Cl3N2O3S/c20-13-5-2-1-4-12(13)19-24-9-16(28-19)18(26)23-8-11(25)10-27-15-7-3-6-14(21)17(15)22/h1-7,9,11,25H,8,10H2,(H,23,26). The number of amides is 1. The van der Waals surface area contributed by atoms with Crippen LogP contribution < -0.4 is 10.1 Å². The van der Waals surface area contributed by atoms with E-state index in [0.29, 0.717) is 25.7 Å². The van der Waals surface area contributed by atoms with Crippen molar-refractivity contribution in [3.8, 4) is 16.3 Å². The highest BCUT2D eigenvalue weighted by atomic mass is 35.5. The van der Waals surface area contributed by atoms with Crippen LogP contribution in [-0.2, 0) is 0 Å². The van der Waals surface area contributed by atoms with Crippen molar-refractivity contribution in [3.63, 3.8) is 0 Å². The van der Waals surface area contributed by atoms with Crippen molar-refractivity contribution < 1.29 is 14.6 Å². The normalized spacial score (nSPS) is 11.9. The number of carbonyl (C=O) groups is 1. The number of rotatable bonds is 7. The minimum absolute atomic E-state index is 0.0103. The summed E-state index contributed by atoms with van der Waals surface area (Å²) in [5, 5.41) is 14.5. The zero-order valence-corrected chi connectivity index (χ0v) is 17.4. The van der Waals surface area contributed by atoms with Crippen molar-refractivity contribution in [3.05, 3.63) is 68.6 Å². The van der Waals surface area contributed by atoms with E-state index in [1.54, 1.807) is 24.3 Å². The first-order chi connectivity index (χ1) is 13.5. The monoisotopic (exact) mass is 456 g/mol. The molecule has 1 amide bonds. The average Bonchev–Trinajstić information content (AvgIpc) is 3.17. The molecule has 2 aromatic carbocycles. The molecule has 9 heteroatoms. The summed E-state index contributed by atoms with van der Waals surface area (Å²) in [5.41, 5.74) is 0.764. The first kappa shape index (κ1) is 20.9. The Bertz CT molecular complexity index is 981. The molecule has 146 valence electrons. The third-order valence-electron chi connectivity index (χ3n) is 3.68. The number of ether oxygens (including phenoxy) is 1. The molecule has 0 saturated carbocycles. The summed E-state index contributed by atoms with van der Waals surface area (Å²) < 4.78 is 5.45. The van der Waals surface area contributed by atoms with Gasteiger partial charge in [-0.1, -0.05) is 59.1 Å². The number of aromatic nitrogens is 1. The second-order valence-electron chi connectivity index (χ2n) is 5.74. The van der Waals surface area contributed by atoms with Crippen molar-refractivity contribution >= 4 is 52.0 Å². The van der Waals surface area contributed by atoms with Crippen molar-refractivity contribution in [2.45, 2.75) is 6.10 Å². The number of hydrogen-bond acceptors (Lipinski definition) is 5. The summed E-state index contributed by atoms with van der Waals surface area (Å²) in [6.45, 7) is -0.0374. The fourth-order valence-corrected chi connectivity index (χ4v) is 3.78. The van der Waals surface area contributed by atoms with Crippen LogP contribution in [0.15, 0.2) is 48.7 Å². The lowest BCUT2D eigenvalue weighted by Crippen LogP contribution is -2.35. The molecule has 0 aliphatic carbocycles. The highest BCUT2D eigenvalue weighted by Crippen LogP contribution is 2.32. The van der Waals surface area contributed by atoms with Gasteiger partial charge in [-0.15, -0.1) is 11.3 Å². The molecule has 1 heterocycles. The van der Waals surface area contributed by atoms with Gasteiger partial charge in [0.25, 0.3) is 5.91 Å². The zero-order valence-electron chi connectivity index (χ0n) is 14.4. The van der Waals surface area contributed by atoms with Gasteiger partial charge in [0.2, 0.25) is 0 Å². The number of benzene rings is 2. The molecule has 28 heavy (non-hydrogen) atoms. The fraction of sp³-hybridized carbons (Fsp3) is 0.158. The van der Waals surface area contributed by atoms with Gasteiger partial charge in [-0.2, -0.15) is 0 Å². The summed E-state index contributed by atoms with van der Waals surface area (Å²) in [6, 6.07) is 12.3.